The maximum absolute atomic E-state index is 13.5. The number of hydrogen-bond acceptors (Lipinski definition) is 5. The van der Waals surface area contributed by atoms with Crippen LogP contribution in [0.4, 0.5) is 0 Å². The fraction of sp³-hybridized carbons (Fsp3) is 0.478. The summed E-state index contributed by atoms with van der Waals surface area (Å²) in [5.74, 6) is -0.147. The monoisotopic (exact) mass is 447 g/mol. The molecule has 1 amide bonds. The van der Waals surface area contributed by atoms with Gasteiger partial charge in [0, 0.05) is 44.4 Å². The quantitative estimate of drug-likeness (QED) is 0.748. The van der Waals surface area contributed by atoms with Crippen molar-refractivity contribution in [2.75, 3.05) is 26.2 Å². The summed E-state index contributed by atoms with van der Waals surface area (Å²) in [5.41, 5.74) is 0.549. The van der Waals surface area contributed by atoms with E-state index in [4.69, 9.17) is 4.74 Å². The Kier molecular flexibility index (Phi) is 7.41. The Morgan fingerprint density at radius 2 is 2.06 bits per heavy atom. The molecule has 1 aromatic carbocycles. The van der Waals surface area contributed by atoms with Gasteiger partial charge in [-0.1, -0.05) is 30.3 Å². The summed E-state index contributed by atoms with van der Waals surface area (Å²) in [6, 6.07) is 11.0. The average Bonchev–Trinajstić information content (AvgIpc) is 2.77. The normalized spacial score (nSPS) is 23.3. The highest BCUT2D eigenvalue weighted by Crippen LogP contribution is 2.37. The van der Waals surface area contributed by atoms with E-state index in [1.807, 2.05) is 30.3 Å². The molecule has 4 rings (SSSR count). The average molecular weight is 448 g/mol. The van der Waals surface area contributed by atoms with Crippen molar-refractivity contribution in [3.63, 3.8) is 0 Å². The topological polar surface area (TPSA) is 83.8 Å². The molecular weight excluding hydrogens is 418 g/mol. The van der Waals surface area contributed by atoms with E-state index in [0.717, 1.165) is 24.9 Å². The molecule has 0 saturated carbocycles. The molecule has 2 aliphatic heterocycles. The lowest BCUT2D eigenvalue weighted by molar-refractivity contribution is -0.0435. The van der Waals surface area contributed by atoms with Gasteiger partial charge in [-0.3, -0.25) is 9.59 Å². The molecule has 2 aromatic rings. The van der Waals surface area contributed by atoms with Crippen LogP contribution in [0, 0.1) is 5.41 Å². The van der Waals surface area contributed by atoms with Gasteiger partial charge in [-0.15, -0.1) is 12.4 Å². The highest BCUT2D eigenvalue weighted by atomic mass is 35.5. The maximum atomic E-state index is 13.5. The second kappa shape index (κ2) is 9.85. The number of rotatable bonds is 4. The van der Waals surface area contributed by atoms with Crippen molar-refractivity contribution in [2.45, 2.75) is 32.0 Å². The van der Waals surface area contributed by atoms with Crippen LogP contribution in [0.25, 0.3) is 0 Å². The summed E-state index contributed by atoms with van der Waals surface area (Å²) in [4.78, 5) is 27.9. The number of carbonyl (C=O) groups is 1. The third-order valence-electron chi connectivity index (χ3n) is 6.34. The molecule has 3 heterocycles. The van der Waals surface area contributed by atoms with Gasteiger partial charge < -0.3 is 24.6 Å². The van der Waals surface area contributed by atoms with Gasteiger partial charge in [0.2, 0.25) is 5.43 Å². The highest BCUT2D eigenvalue weighted by molar-refractivity contribution is 5.95. The van der Waals surface area contributed by atoms with Crippen LogP contribution in [0.3, 0.4) is 0 Å². The molecule has 0 bridgehead atoms. The second-order valence-corrected chi connectivity index (χ2v) is 8.42. The summed E-state index contributed by atoms with van der Waals surface area (Å²) in [6.45, 7) is 2.78. The van der Waals surface area contributed by atoms with E-state index in [-0.39, 0.29) is 47.2 Å². The molecule has 168 valence electrons. The first-order chi connectivity index (χ1) is 14.5. The van der Waals surface area contributed by atoms with E-state index in [9.17, 15) is 14.7 Å². The Bertz CT molecular complexity index is 961. The maximum Gasteiger partial charge on any atom is 0.274 e. The first-order valence-electron chi connectivity index (χ1n) is 10.5. The number of aromatic nitrogens is 1. The van der Waals surface area contributed by atoms with E-state index in [2.05, 4.69) is 5.32 Å². The number of aryl methyl sites for hydroxylation is 1. The van der Waals surface area contributed by atoms with Crippen LogP contribution in [0.5, 0.6) is 5.75 Å². The summed E-state index contributed by atoms with van der Waals surface area (Å²) in [7, 11) is 1.75. The number of pyridine rings is 1. The first-order valence-corrected chi connectivity index (χ1v) is 10.5. The molecule has 1 aromatic heterocycles. The third-order valence-corrected chi connectivity index (χ3v) is 6.34. The zero-order chi connectivity index (χ0) is 21.1. The number of benzene rings is 1. The van der Waals surface area contributed by atoms with Gasteiger partial charge in [-0.25, -0.2) is 0 Å². The third kappa shape index (κ3) is 4.79. The smallest absolute Gasteiger partial charge is 0.274 e. The van der Waals surface area contributed by atoms with Crippen LogP contribution in [0.1, 0.15) is 35.3 Å². The van der Waals surface area contributed by atoms with Crippen LogP contribution in [-0.4, -0.2) is 52.8 Å². The molecule has 2 atom stereocenters. The van der Waals surface area contributed by atoms with Gasteiger partial charge in [-0.05, 0) is 31.4 Å². The zero-order valence-electron chi connectivity index (χ0n) is 17.8. The Morgan fingerprint density at radius 1 is 1.29 bits per heavy atom. The number of carbonyl (C=O) groups excluding carboxylic acids is 1. The second-order valence-electron chi connectivity index (χ2n) is 8.42. The first kappa shape index (κ1) is 23.3. The zero-order valence-corrected chi connectivity index (χ0v) is 18.6. The summed E-state index contributed by atoms with van der Waals surface area (Å²) >= 11 is 0. The Morgan fingerprint density at radius 3 is 2.81 bits per heavy atom. The van der Waals surface area contributed by atoms with Gasteiger partial charge in [0.1, 0.15) is 6.61 Å². The minimum absolute atomic E-state index is 0. The van der Waals surface area contributed by atoms with Crippen LogP contribution in [0.15, 0.2) is 47.4 Å². The van der Waals surface area contributed by atoms with Crippen molar-refractivity contribution in [3.8, 4) is 5.75 Å². The molecular formula is C23H30ClN3O4. The Labute approximate surface area is 188 Å². The van der Waals surface area contributed by atoms with Crippen LogP contribution in [-0.2, 0) is 13.7 Å². The standard InChI is InChI=1S/C23H29N3O4.ClH/c1-25-13-9-18(27)21(30-14-17-6-3-2-4-7-17)20(25)22(29)26-12-5-10-23(16-26)15-24-11-8-19(23)28;/h2-4,6-7,9,13,19,24,28H,5,8,10-12,14-16H2,1H3;1H/t19-,23-;/m0./s1. The van der Waals surface area contributed by atoms with E-state index >= 15 is 0 Å². The number of hydrogen-bond donors (Lipinski definition) is 2. The minimum atomic E-state index is -0.428. The lowest BCUT2D eigenvalue weighted by Gasteiger charge is -2.48. The van der Waals surface area contributed by atoms with Crippen LogP contribution < -0.4 is 15.5 Å². The Balaban J connectivity index is 0.00000272. The van der Waals surface area contributed by atoms with Crippen molar-refractivity contribution >= 4 is 18.3 Å². The fourth-order valence-electron chi connectivity index (χ4n) is 4.62. The number of likely N-dealkylation sites (tertiary alicyclic amines) is 1. The number of ether oxygens (including phenoxy) is 1. The van der Waals surface area contributed by atoms with Gasteiger partial charge in [0.05, 0.1) is 6.10 Å². The molecule has 7 nitrogen and oxygen atoms in total. The number of amides is 1. The largest absolute Gasteiger partial charge is 0.483 e. The predicted octanol–water partition coefficient (Wildman–Crippen LogP) is 1.96. The number of aliphatic hydroxyl groups excluding tert-OH is 1. The predicted molar refractivity (Wildman–Crippen MR) is 121 cm³/mol. The van der Waals surface area contributed by atoms with Crippen molar-refractivity contribution in [2.24, 2.45) is 12.5 Å². The van der Waals surface area contributed by atoms with Crippen LogP contribution >= 0.6 is 12.4 Å². The lowest BCUT2D eigenvalue weighted by atomic mass is 9.72. The molecule has 2 saturated heterocycles. The van der Waals surface area contributed by atoms with Crippen molar-refractivity contribution in [1.82, 2.24) is 14.8 Å². The summed E-state index contributed by atoms with van der Waals surface area (Å²) < 4.78 is 7.52. The number of piperidine rings is 2. The van der Waals surface area contributed by atoms with Gasteiger partial charge in [-0.2, -0.15) is 0 Å². The molecule has 0 radical (unpaired) electrons. The van der Waals surface area contributed by atoms with Gasteiger partial charge in [0.15, 0.2) is 11.4 Å². The molecule has 1 spiro atoms. The highest BCUT2D eigenvalue weighted by Gasteiger charge is 2.44. The summed E-state index contributed by atoms with van der Waals surface area (Å²) in [5, 5.41) is 14.0. The van der Waals surface area contributed by atoms with E-state index in [0.29, 0.717) is 26.1 Å². The molecule has 8 heteroatoms. The molecule has 0 unspecified atom stereocenters. The van der Waals surface area contributed by atoms with E-state index in [1.165, 1.54) is 6.07 Å². The van der Waals surface area contributed by atoms with E-state index in [1.54, 1.807) is 22.7 Å². The molecule has 2 fully saturated rings. The number of halogens is 1. The van der Waals surface area contributed by atoms with E-state index < -0.39 is 6.10 Å². The molecule has 0 aliphatic carbocycles. The van der Waals surface area contributed by atoms with Crippen molar-refractivity contribution in [3.05, 3.63) is 64.1 Å². The van der Waals surface area contributed by atoms with Gasteiger partial charge in [0.25, 0.3) is 5.91 Å². The van der Waals surface area contributed by atoms with Crippen molar-refractivity contribution < 1.29 is 14.6 Å². The molecule has 2 N–H and O–H groups in total. The number of nitrogens with zero attached hydrogens (tertiary/aromatic N) is 2. The molecule has 31 heavy (non-hydrogen) atoms. The molecule has 2 aliphatic rings. The van der Waals surface area contributed by atoms with Gasteiger partial charge >= 0.3 is 0 Å². The fourth-order valence-corrected chi connectivity index (χ4v) is 4.62. The summed E-state index contributed by atoms with van der Waals surface area (Å²) in [6.07, 6.45) is 3.57. The SMILES string of the molecule is Cl.Cn1ccc(=O)c(OCc2ccccc2)c1C(=O)N1CCC[C@]2(CNCC[C@@H]2O)C1. The van der Waals surface area contributed by atoms with Crippen molar-refractivity contribution in [1.29, 1.82) is 0 Å². The van der Waals surface area contributed by atoms with Crippen LogP contribution in [0.2, 0.25) is 0 Å². The number of aliphatic hydroxyl groups is 1. The lowest BCUT2D eigenvalue weighted by Crippen LogP contribution is -2.59. The minimum Gasteiger partial charge on any atom is -0.483 e. The number of nitrogens with one attached hydrogen (secondary N) is 1. The Hall–Kier alpha value is -2.35.